The zero-order valence-electron chi connectivity index (χ0n) is 61.4. The van der Waals surface area contributed by atoms with Crippen LogP contribution in [0, 0.1) is 17.8 Å². The van der Waals surface area contributed by atoms with Crippen LogP contribution in [0.15, 0.2) is 0 Å². The summed E-state index contributed by atoms with van der Waals surface area (Å²) in [7, 11) is -9.91. The number of ether oxygens (including phenoxy) is 4. The Labute approximate surface area is 575 Å². The molecule has 0 saturated carbocycles. The molecular weight excluding hydrogens is 1230 g/mol. The van der Waals surface area contributed by atoms with Gasteiger partial charge in [-0.2, -0.15) is 0 Å². The van der Waals surface area contributed by atoms with Crippen molar-refractivity contribution in [2.45, 2.75) is 401 Å². The van der Waals surface area contributed by atoms with Crippen molar-refractivity contribution in [3.05, 3.63) is 0 Å². The van der Waals surface area contributed by atoms with Crippen LogP contribution in [0.25, 0.3) is 0 Å². The number of hydrogen-bond donors (Lipinski definition) is 3. The van der Waals surface area contributed by atoms with Crippen molar-refractivity contribution in [1.29, 1.82) is 0 Å². The second-order valence-electron chi connectivity index (χ2n) is 28.5. The molecule has 0 saturated heterocycles. The lowest BCUT2D eigenvalue weighted by molar-refractivity contribution is -0.161. The molecule has 94 heavy (non-hydrogen) atoms. The van der Waals surface area contributed by atoms with Crippen LogP contribution in [0.4, 0.5) is 0 Å². The zero-order chi connectivity index (χ0) is 69.4. The van der Waals surface area contributed by atoms with Crippen LogP contribution in [0.5, 0.6) is 0 Å². The molecule has 0 radical (unpaired) electrons. The van der Waals surface area contributed by atoms with Crippen LogP contribution in [0.1, 0.15) is 382 Å². The molecular formula is C75H146O17P2. The molecule has 0 aliphatic rings. The molecule has 0 fully saturated rings. The summed E-state index contributed by atoms with van der Waals surface area (Å²) in [5, 5.41) is 10.6. The molecule has 0 bridgehead atoms. The Kier molecular flexibility index (Phi) is 64.3. The first-order chi connectivity index (χ1) is 45.2. The van der Waals surface area contributed by atoms with Gasteiger partial charge >= 0.3 is 39.5 Å². The molecule has 558 valence electrons. The summed E-state index contributed by atoms with van der Waals surface area (Å²) in [5.74, 6) is 0.201. The van der Waals surface area contributed by atoms with Gasteiger partial charge in [0, 0.05) is 25.7 Å². The maximum absolute atomic E-state index is 13.1. The Morgan fingerprint density at radius 2 is 0.489 bits per heavy atom. The summed E-state index contributed by atoms with van der Waals surface area (Å²) >= 11 is 0. The predicted octanol–water partition coefficient (Wildman–Crippen LogP) is 21.8. The van der Waals surface area contributed by atoms with Crippen molar-refractivity contribution < 1.29 is 80.2 Å². The lowest BCUT2D eigenvalue weighted by Gasteiger charge is -2.21. The Bertz CT molecular complexity index is 1840. The predicted molar refractivity (Wildman–Crippen MR) is 381 cm³/mol. The van der Waals surface area contributed by atoms with Gasteiger partial charge in [-0.3, -0.25) is 37.3 Å². The molecule has 3 N–H and O–H groups in total. The van der Waals surface area contributed by atoms with E-state index in [4.69, 9.17) is 37.0 Å². The van der Waals surface area contributed by atoms with Crippen molar-refractivity contribution in [3.63, 3.8) is 0 Å². The van der Waals surface area contributed by atoms with Gasteiger partial charge in [0.2, 0.25) is 0 Å². The number of unbranched alkanes of at least 4 members (excludes halogenated alkanes) is 41. The van der Waals surface area contributed by atoms with Gasteiger partial charge in [0.25, 0.3) is 0 Å². The summed E-state index contributed by atoms with van der Waals surface area (Å²) < 4.78 is 68.4. The summed E-state index contributed by atoms with van der Waals surface area (Å²) in [6.07, 6.45) is 51.3. The molecule has 0 aliphatic heterocycles. The average molecular weight is 1380 g/mol. The number of esters is 4. The van der Waals surface area contributed by atoms with E-state index >= 15 is 0 Å². The van der Waals surface area contributed by atoms with E-state index in [1.807, 2.05) is 0 Å². The highest BCUT2D eigenvalue weighted by molar-refractivity contribution is 7.47. The van der Waals surface area contributed by atoms with Crippen molar-refractivity contribution in [2.75, 3.05) is 39.6 Å². The number of phosphoric ester groups is 2. The third-order valence-corrected chi connectivity index (χ3v) is 19.3. The molecule has 0 rings (SSSR count). The van der Waals surface area contributed by atoms with Crippen LogP contribution in [-0.2, 0) is 65.4 Å². The number of hydrogen-bond acceptors (Lipinski definition) is 15. The normalized spacial score (nSPS) is 14.1. The molecule has 19 heteroatoms. The number of carbonyl (C=O) groups excluding carboxylic acids is 4. The summed E-state index contributed by atoms with van der Waals surface area (Å²) in [6, 6.07) is 0. The second-order valence-corrected chi connectivity index (χ2v) is 31.4. The second kappa shape index (κ2) is 65.7. The largest absolute Gasteiger partial charge is 0.472 e. The average Bonchev–Trinajstić information content (AvgIpc) is 1.30. The molecule has 0 amide bonds. The number of aliphatic hydroxyl groups excluding tert-OH is 1. The molecule has 2 unspecified atom stereocenters. The smallest absolute Gasteiger partial charge is 0.462 e. The number of phosphoric acid groups is 2. The van der Waals surface area contributed by atoms with Crippen LogP contribution in [0.3, 0.4) is 0 Å². The van der Waals surface area contributed by atoms with Crippen molar-refractivity contribution >= 4 is 39.5 Å². The number of rotatable bonds is 73. The first-order valence-electron chi connectivity index (χ1n) is 38.8. The fourth-order valence-corrected chi connectivity index (χ4v) is 13.0. The Balaban J connectivity index is 5.23. The van der Waals surface area contributed by atoms with Gasteiger partial charge in [0.15, 0.2) is 12.2 Å². The van der Waals surface area contributed by atoms with E-state index in [-0.39, 0.29) is 25.7 Å². The van der Waals surface area contributed by atoms with Gasteiger partial charge in [-0.15, -0.1) is 0 Å². The van der Waals surface area contributed by atoms with Crippen LogP contribution < -0.4 is 0 Å². The standard InChI is InChI=1S/C75H146O17P2/c1-8-9-10-11-12-25-35-42-49-56-72(77)85-62-70(92-75(80)59-52-45-38-31-24-28-34-41-48-55-68(6)7)64-89-93(81,82)87-60-69(76)61-88-94(83,84)90-65-71(63-86-73(78)57-50-43-36-29-22-19-18-21-27-33-40-47-54-67(4)5)91-74(79)58-51-44-37-30-23-17-15-13-14-16-20-26-32-39-46-53-66(2)3/h66-71,76H,8-65H2,1-7H3,(H,81,82)(H,83,84)/t69-,70+,71+/m0/s1. The first-order valence-corrected chi connectivity index (χ1v) is 41.8. The van der Waals surface area contributed by atoms with E-state index in [1.54, 1.807) is 0 Å². The first kappa shape index (κ1) is 92.1. The minimum Gasteiger partial charge on any atom is -0.462 e. The van der Waals surface area contributed by atoms with Crippen molar-refractivity contribution in [2.24, 2.45) is 17.8 Å². The molecule has 0 heterocycles. The SMILES string of the molecule is CCCCCCCCCCCC(=O)OC[C@H](COP(=O)(O)OC[C@H](O)COP(=O)(O)OC[C@@H](COC(=O)CCCCCCCCCCCCCCC(C)C)OC(=O)CCCCCCCCCCCCCCCCCC(C)C)OC(=O)CCCCCCCCCCCC(C)C. The quantitative estimate of drug-likeness (QED) is 0.0222. The van der Waals surface area contributed by atoms with Crippen LogP contribution in [-0.4, -0.2) is 96.7 Å². The summed E-state index contributed by atoms with van der Waals surface area (Å²) in [4.78, 5) is 72.7. The monoisotopic (exact) mass is 1380 g/mol. The highest BCUT2D eigenvalue weighted by atomic mass is 31.2. The van der Waals surface area contributed by atoms with Gasteiger partial charge in [-0.1, -0.05) is 331 Å². The molecule has 17 nitrogen and oxygen atoms in total. The number of aliphatic hydroxyl groups is 1. The van der Waals surface area contributed by atoms with Crippen LogP contribution >= 0.6 is 15.6 Å². The molecule has 0 aliphatic carbocycles. The number of carbonyl (C=O) groups is 4. The molecule has 5 atom stereocenters. The fourth-order valence-electron chi connectivity index (χ4n) is 11.4. The summed E-state index contributed by atoms with van der Waals surface area (Å²) in [6.45, 7) is 11.9. The van der Waals surface area contributed by atoms with E-state index in [9.17, 15) is 43.2 Å². The van der Waals surface area contributed by atoms with Crippen molar-refractivity contribution in [3.8, 4) is 0 Å². The Hall–Kier alpha value is -1.94. The Morgan fingerprint density at radius 3 is 0.723 bits per heavy atom. The van der Waals surface area contributed by atoms with Gasteiger partial charge in [-0.25, -0.2) is 9.13 Å². The highest BCUT2D eigenvalue weighted by Crippen LogP contribution is 2.45. The van der Waals surface area contributed by atoms with Gasteiger partial charge in [0.1, 0.15) is 19.3 Å². The van der Waals surface area contributed by atoms with E-state index < -0.39 is 97.5 Å². The van der Waals surface area contributed by atoms with E-state index in [0.29, 0.717) is 25.7 Å². The van der Waals surface area contributed by atoms with Crippen LogP contribution in [0.2, 0.25) is 0 Å². The molecule has 0 aromatic carbocycles. The lowest BCUT2D eigenvalue weighted by atomic mass is 10.0. The molecule has 0 aromatic rings. The van der Waals surface area contributed by atoms with Gasteiger partial charge < -0.3 is 33.8 Å². The highest BCUT2D eigenvalue weighted by Gasteiger charge is 2.30. The molecule has 0 aromatic heterocycles. The fraction of sp³-hybridized carbons (Fsp3) is 0.947. The van der Waals surface area contributed by atoms with Crippen molar-refractivity contribution in [1.82, 2.24) is 0 Å². The maximum atomic E-state index is 13.1. The third-order valence-electron chi connectivity index (χ3n) is 17.4. The minimum atomic E-state index is -4.96. The zero-order valence-corrected chi connectivity index (χ0v) is 63.2. The van der Waals surface area contributed by atoms with E-state index in [2.05, 4.69) is 48.5 Å². The summed E-state index contributed by atoms with van der Waals surface area (Å²) in [5.41, 5.74) is 0. The third kappa shape index (κ3) is 68.6. The van der Waals surface area contributed by atoms with Gasteiger partial charge in [-0.05, 0) is 43.4 Å². The topological polar surface area (TPSA) is 237 Å². The van der Waals surface area contributed by atoms with Gasteiger partial charge in [0.05, 0.1) is 26.4 Å². The van der Waals surface area contributed by atoms with E-state index in [1.165, 1.54) is 193 Å². The maximum Gasteiger partial charge on any atom is 0.472 e. The Morgan fingerprint density at radius 1 is 0.287 bits per heavy atom. The minimum absolute atomic E-state index is 0.105. The molecule has 0 spiro atoms. The lowest BCUT2D eigenvalue weighted by Crippen LogP contribution is -2.30. The van der Waals surface area contributed by atoms with E-state index in [0.717, 1.165) is 108 Å².